The SMILES string of the molecule is COC(=O)CS(=O)(=O)Nc1c(Cl)cccc1C(=O)O. The normalized spacial score (nSPS) is 10.8. The molecule has 0 unspecified atom stereocenters. The van der Waals surface area contributed by atoms with Gasteiger partial charge in [-0.1, -0.05) is 17.7 Å². The molecule has 0 saturated heterocycles. The van der Waals surface area contributed by atoms with Gasteiger partial charge in [0.2, 0.25) is 10.0 Å². The lowest BCUT2D eigenvalue weighted by atomic mass is 10.2. The Bertz CT molecular complexity index is 612. The first-order valence-corrected chi connectivity index (χ1v) is 6.89. The summed E-state index contributed by atoms with van der Waals surface area (Å²) < 4.78 is 29.5. The number of ether oxygens (including phenoxy) is 1. The number of nitrogens with one attached hydrogen (secondary N) is 1. The van der Waals surface area contributed by atoms with Crippen molar-refractivity contribution < 1.29 is 27.9 Å². The molecule has 0 aliphatic rings. The molecule has 0 bridgehead atoms. The Morgan fingerprint density at radius 3 is 2.58 bits per heavy atom. The van der Waals surface area contributed by atoms with Crippen LogP contribution in [0.2, 0.25) is 5.02 Å². The largest absolute Gasteiger partial charge is 0.478 e. The maximum absolute atomic E-state index is 11.6. The summed E-state index contributed by atoms with van der Waals surface area (Å²) in [6.07, 6.45) is 0. The predicted octanol–water partition coefficient (Wildman–Crippen LogP) is 0.953. The van der Waals surface area contributed by atoms with Crippen molar-refractivity contribution in [1.82, 2.24) is 0 Å². The van der Waals surface area contributed by atoms with Crippen molar-refractivity contribution in [2.24, 2.45) is 0 Å². The van der Waals surface area contributed by atoms with E-state index in [4.69, 9.17) is 16.7 Å². The minimum absolute atomic E-state index is 0.0895. The number of para-hydroxylation sites is 1. The first-order chi connectivity index (χ1) is 8.76. The molecule has 1 aromatic carbocycles. The molecular weight excluding hydrogens is 298 g/mol. The number of carboxylic acids is 1. The van der Waals surface area contributed by atoms with Crippen LogP contribution in [0, 0.1) is 0 Å². The second kappa shape index (κ2) is 5.89. The van der Waals surface area contributed by atoms with E-state index in [-0.39, 0.29) is 16.3 Å². The molecule has 0 amide bonds. The van der Waals surface area contributed by atoms with E-state index >= 15 is 0 Å². The summed E-state index contributed by atoms with van der Waals surface area (Å²) >= 11 is 5.74. The topological polar surface area (TPSA) is 110 Å². The molecule has 7 nitrogen and oxygen atoms in total. The molecule has 9 heteroatoms. The molecule has 0 fully saturated rings. The van der Waals surface area contributed by atoms with Crippen LogP contribution in [0.25, 0.3) is 0 Å². The number of carbonyl (C=O) groups is 2. The minimum atomic E-state index is -4.10. The highest BCUT2D eigenvalue weighted by atomic mass is 35.5. The Morgan fingerprint density at radius 2 is 2.05 bits per heavy atom. The molecule has 0 atom stereocenters. The monoisotopic (exact) mass is 307 g/mol. The highest BCUT2D eigenvalue weighted by Gasteiger charge is 2.21. The van der Waals surface area contributed by atoms with Gasteiger partial charge in [0.25, 0.3) is 0 Å². The van der Waals surface area contributed by atoms with E-state index in [9.17, 15) is 18.0 Å². The second-order valence-corrected chi connectivity index (χ2v) is 5.53. The number of carboxylic acid groups (broad SMARTS) is 1. The van der Waals surface area contributed by atoms with Crippen LogP contribution < -0.4 is 4.72 Å². The Kier molecular flexibility index (Phi) is 4.73. The van der Waals surface area contributed by atoms with E-state index in [2.05, 4.69) is 4.74 Å². The molecule has 0 aliphatic heterocycles. The van der Waals surface area contributed by atoms with Gasteiger partial charge in [-0.25, -0.2) is 13.2 Å². The van der Waals surface area contributed by atoms with Crippen LogP contribution in [-0.4, -0.2) is 38.3 Å². The first kappa shape index (κ1) is 15.3. The van der Waals surface area contributed by atoms with E-state index in [1.807, 2.05) is 4.72 Å². The smallest absolute Gasteiger partial charge is 0.337 e. The summed E-state index contributed by atoms with van der Waals surface area (Å²) in [4.78, 5) is 21.9. The Balaban J connectivity index is 3.12. The Morgan fingerprint density at radius 1 is 1.42 bits per heavy atom. The fraction of sp³-hybridized carbons (Fsp3) is 0.200. The zero-order chi connectivity index (χ0) is 14.6. The van der Waals surface area contributed by atoms with Gasteiger partial charge in [-0.2, -0.15) is 0 Å². The van der Waals surface area contributed by atoms with Gasteiger partial charge in [-0.3, -0.25) is 9.52 Å². The first-order valence-electron chi connectivity index (χ1n) is 4.86. The number of halogens is 1. The summed E-state index contributed by atoms with van der Waals surface area (Å²) in [5, 5.41) is 8.84. The maximum Gasteiger partial charge on any atom is 0.337 e. The third-order valence-corrected chi connectivity index (χ3v) is 3.48. The fourth-order valence-electron chi connectivity index (χ4n) is 1.21. The van der Waals surface area contributed by atoms with Crippen LogP contribution in [0.3, 0.4) is 0 Å². The summed E-state index contributed by atoms with van der Waals surface area (Å²) in [5.74, 6) is -3.26. The average Bonchev–Trinajstić information content (AvgIpc) is 2.30. The average molecular weight is 308 g/mol. The van der Waals surface area contributed by atoms with Crippen molar-refractivity contribution in [3.8, 4) is 0 Å². The second-order valence-electron chi connectivity index (χ2n) is 3.40. The van der Waals surface area contributed by atoms with Crippen molar-refractivity contribution in [3.05, 3.63) is 28.8 Å². The van der Waals surface area contributed by atoms with Crippen molar-refractivity contribution >= 4 is 39.3 Å². The van der Waals surface area contributed by atoms with Crippen LogP contribution in [0.4, 0.5) is 5.69 Å². The summed E-state index contributed by atoms with van der Waals surface area (Å²) in [6.45, 7) is 0. The minimum Gasteiger partial charge on any atom is -0.478 e. The van der Waals surface area contributed by atoms with E-state index in [0.29, 0.717) is 0 Å². The Labute approximate surface area is 114 Å². The van der Waals surface area contributed by atoms with Gasteiger partial charge in [-0.15, -0.1) is 0 Å². The van der Waals surface area contributed by atoms with Crippen LogP contribution >= 0.6 is 11.6 Å². The number of rotatable bonds is 5. The van der Waals surface area contributed by atoms with Gasteiger partial charge in [0.1, 0.15) is 0 Å². The standard InChI is InChI=1S/C10H10ClNO6S/c1-18-8(13)5-19(16,17)12-9-6(10(14)15)3-2-4-7(9)11/h2-4,12H,5H2,1H3,(H,14,15). The fourth-order valence-corrected chi connectivity index (χ4v) is 2.52. The molecule has 0 spiro atoms. The lowest BCUT2D eigenvalue weighted by Crippen LogP contribution is -2.24. The van der Waals surface area contributed by atoms with Gasteiger partial charge in [0, 0.05) is 0 Å². The predicted molar refractivity (Wildman–Crippen MR) is 67.8 cm³/mol. The van der Waals surface area contributed by atoms with Gasteiger partial charge in [0.15, 0.2) is 5.75 Å². The summed E-state index contributed by atoms with van der Waals surface area (Å²) in [6, 6.07) is 3.87. The summed E-state index contributed by atoms with van der Waals surface area (Å²) in [5.41, 5.74) is -0.610. The van der Waals surface area contributed by atoms with Crippen molar-refractivity contribution in [3.63, 3.8) is 0 Å². The van der Waals surface area contributed by atoms with Crippen molar-refractivity contribution in [2.75, 3.05) is 17.6 Å². The number of methoxy groups -OCH3 is 1. The van der Waals surface area contributed by atoms with Crippen LogP contribution in [0.5, 0.6) is 0 Å². The molecule has 0 heterocycles. The molecule has 104 valence electrons. The number of hydrogen-bond donors (Lipinski definition) is 2. The lowest BCUT2D eigenvalue weighted by molar-refractivity contribution is -0.137. The number of hydrogen-bond acceptors (Lipinski definition) is 5. The van der Waals surface area contributed by atoms with Gasteiger partial charge in [0.05, 0.1) is 23.4 Å². The molecule has 0 saturated carbocycles. The van der Waals surface area contributed by atoms with E-state index in [1.165, 1.54) is 18.2 Å². The molecule has 2 N–H and O–H groups in total. The van der Waals surface area contributed by atoms with Crippen molar-refractivity contribution in [2.45, 2.75) is 0 Å². The van der Waals surface area contributed by atoms with E-state index < -0.39 is 27.7 Å². The van der Waals surface area contributed by atoms with Gasteiger partial charge >= 0.3 is 11.9 Å². The lowest BCUT2D eigenvalue weighted by Gasteiger charge is -2.11. The molecule has 0 aliphatic carbocycles. The van der Waals surface area contributed by atoms with E-state index in [0.717, 1.165) is 7.11 Å². The quantitative estimate of drug-likeness (QED) is 0.784. The Hall–Kier alpha value is -1.80. The molecule has 1 aromatic rings. The number of sulfonamides is 1. The molecule has 0 radical (unpaired) electrons. The van der Waals surface area contributed by atoms with Gasteiger partial charge in [-0.05, 0) is 12.1 Å². The summed E-state index contributed by atoms with van der Waals surface area (Å²) in [7, 11) is -3.06. The molecule has 19 heavy (non-hydrogen) atoms. The third kappa shape index (κ3) is 4.11. The zero-order valence-corrected chi connectivity index (χ0v) is 11.3. The van der Waals surface area contributed by atoms with Crippen LogP contribution in [0.15, 0.2) is 18.2 Å². The van der Waals surface area contributed by atoms with E-state index in [1.54, 1.807) is 0 Å². The van der Waals surface area contributed by atoms with Gasteiger partial charge < -0.3 is 9.84 Å². The number of esters is 1. The molecular formula is C10H10ClNO6S. The number of benzene rings is 1. The highest BCUT2D eigenvalue weighted by molar-refractivity contribution is 7.93. The van der Waals surface area contributed by atoms with Crippen LogP contribution in [0.1, 0.15) is 10.4 Å². The molecule has 0 aromatic heterocycles. The van der Waals surface area contributed by atoms with Crippen LogP contribution in [-0.2, 0) is 19.6 Å². The number of aromatic carboxylic acids is 1. The highest BCUT2D eigenvalue weighted by Crippen LogP contribution is 2.27. The maximum atomic E-state index is 11.6. The number of carbonyl (C=O) groups excluding carboxylic acids is 1. The third-order valence-electron chi connectivity index (χ3n) is 2.04. The zero-order valence-electron chi connectivity index (χ0n) is 9.71. The number of anilines is 1. The molecule has 1 rings (SSSR count). The van der Waals surface area contributed by atoms with Crippen molar-refractivity contribution in [1.29, 1.82) is 0 Å².